The van der Waals surface area contributed by atoms with Gasteiger partial charge in [-0.3, -0.25) is 14.5 Å². The number of hydrogen-bond donors (Lipinski definition) is 2. The number of cyclic esters (lactones) is 1. The van der Waals surface area contributed by atoms with Crippen molar-refractivity contribution in [3.8, 4) is 0 Å². The number of carbonyl (C=O) groups is 3. The van der Waals surface area contributed by atoms with Crippen molar-refractivity contribution in [1.82, 2.24) is 10.2 Å². The third-order valence-electron chi connectivity index (χ3n) is 4.66. The van der Waals surface area contributed by atoms with Gasteiger partial charge in [-0.25, -0.2) is 9.18 Å². The fourth-order valence-electron chi connectivity index (χ4n) is 3.14. The van der Waals surface area contributed by atoms with Crippen LogP contribution in [-0.4, -0.2) is 67.3 Å². The van der Waals surface area contributed by atoms with Crippen LogP contribution in [0.1, 0.15) is 12.0 Å². The summed E-state index contributed by atoms with van der Waals surface area (Å²) in [7, 11) is 1.44. The van der Waals surface area contributed by atoms with Crippen molar-refractivity contribution >= 4 is 29.2 Å². The van der Waals surface area contributed by atoms with Crippen LogP contribution in [-0.2, 0) is 14.3 Å². The van der Waals surface area contributed by atoms with E-state index in [0.717, 1.165) is 5.57 Å². The molecular formula is C18H20FN3O5. The van der Waals surface area contributed by atoms with Gasteiger partial charge in [0.25, 0.3) is 5.91 Å². The van der Waals surface area contributed by atoms with E-state index in [1.165, 1.54) is 22.9 Å². The van der Waals surface area contributed by atoms with E-state index in [2.05, 4.69) is 5.32 Å². The average Bonchev–Trinajstić information content (AvgIpc) is 3.08. The van der Waals surface area contributed by atoms with Gasteiger partial charge in [-0.15, -0.1) is 0 Å². The van der Waals surface area contributed by atoms with E-state index in [1.807, 2.05) is 0 Å². The zero-order valence-corrected chi connectivity index (χ0v) is 14.8. The summed E-state index contributed by atoms with van der Waals surface area (Å²) in [5.41, 5.74) is 1.46. The van der Waals surface area contributed by atoms with E-state index in [-0.39, 0.29) is 12.5 Å². The summed E-state index contributed by atoms with van der Waals surface area (Å²) in [6.45, 7) is 0.175. The number of aliphatic hydroxyl groups is 1. The number of halogens is 1. The quantitative estimate of drug-likeness (QED) is 0.796. The number of benzene rings is 1. The molecule has 144 valence electrons. The number of likely N-dealkylation sites (N-methyl/N-ethyl adjacent to an activating group) is 1. The van der Waals surface area contributed by atoms with E-state index >= 15 is 0 Å². The molecule has 1 atom stereocenters. The number of anilines is 1. The molecule has 2 aliphatic rings. The summed E-state index contributed by atoms with van der Waals surface area (Å²) >= 11 is 0. The Morgan fingerprint density at radius 3 is 2.78 bits per heavy atom. The number of nitrogens with zero attached hydrogens (tertiary/aromatic N) is 2. The maximum absolute atomic E-state index is 14.6. The van der Waals surface area contributed by atoms with Crippen molar-refractivity contribution < 1.29 is 28.6 Å². The van der Waals surface area contributed by atoms with Crippen molar-refractivity contribution in [3.63, 3.8) is 0 Å². The Bertz CT molecular complexity index is 810. The van der Waals surface area contributed by atoms with Crippen LogP contribution >= 0.6 is 0 Å². The average molecular weight is 377 g/mol. The standard InChI is InChI=1S/C18H20FN3O5/c1-20-17(25)15-9-22(18(26)27-15)12-2-3-13(14(19)8-12)11-4-6-21(7-5-11)16(24)10-23/h2-4,8,15,23H,5-7,9-10H2,1H3,(H,20,25)/t15-/m1/s1. The summed E-state index contributed by atoms with van der Waals surface area (Å²) < 4.78 is 19.6. The number of amides is 3. The Labute approximate surface area is 155 Å². The van der Waals surface area contributed by atoms with Gasteiger partial charge in [0.05, 0.1) is 12.2 Å². The minimum atomic E-state index is -0.929. The van der Waals surface area contributed by atoms with Gasteiger partial charge < -0.3 is 20.1 Å². The van der Waals surface area contributed by atoms with Gasteiger partial charge in [0, 0.05) is 25.7 Å². The zero-order chi connectivity index (χ0) is 19.6. The summed E-state index contributed by atoms with van der Waals surface area (Å²) in [6.07, 6.45) is 0.583. The van der Waals surface area contributed by atoms with Crippen LogP contribution in [0.5, 0.6) is 0 Å². The van der Waals surface area contributed by atoms with E-state index < -0.39 is 30.5 Å². The molecule has 8 nitrogen and oxygen atoms in total. The second-order valence-corrected chi connectivity index (χ2v) is 6.24. The van der Waals surface area contributed by atoms with E-state index in [4.69, 9.17) is 9.84 Å². The highest BCUT2D eigenvalue weighted by Crippen LogP contribution is 2.29. The monoisotopic (exact) mass is 377 g/mol. The van der Waals surface area contributed by atoms with Crippen LogP contribution in [0.3, 0.4) is 0 Å². The highest BCUT2D eigenvalue weighted by Gasteiger charge is 2.36. The minimum Gasteiger partial charge on any atom is -0.434 e. The van der Waals surface area contributed by atoms with Crippen molar-refractivity contribution in [2.75, 3.05) is 38.2 Å². The zero-order valence-electron chi connectivity index (χ0n) is 14.8. The molecule has 0 bridgehead atoms. The van der Waals surface area contributed by atoms with Crippen LogP contribution in [0.4, 0.5) is 14.9 Å². The molecule has 0 unspecified atom stereocenters. The molecule has 1 aromatic carbocycles. The molecule has 0 saturated carbocycles. The maximum Gasteiger partial charge on any atom is 0.415 e. The van der Waals surface area contributed by atoms with Gasteiger partial charge in [0.2, 0.25) is 5.91 Å². The van der Waals surface area contributed by atoms with Crippen molar-refractivity contribution in [2.24, 2.45) is 0 Å². The summed E-state index contributed by atoms with van der Waals surface area (Å²) in [5.74, 6) is -1.28. The number of carbonyl (C=O) groups excluding carboxylic acids is 3. The fraction of sp³-hybridized carbons (Fsp3) is 0.389. The molecule has 0 radical (unpaired) electrons. The molecular weight excluding hydrogens is 357 g/mol. The Morgan fingerprint density at radius 2 is 2.19 bits per heavy atom. The molecule has 2 aliphatic heterocycles. The number of rotatable bonds is 4. The first kappa shape index (κ1) is 18.8. The first-order chi connectivity index (χ1) is 12.9. The SMILES string of the molecule is CNC(=O)[C@H]1CN(c2ccc(C3=CCN(C(=O)CO)CC3)c(F)c2)C(=O)O1. The van der Waals surface area contributed by atoms with Crippen LogP contribution in [0.25, 0.3) is 5.57 Å². The Kier molecular flexibility index (Phi) is 5.41. The molecule has 0 aromatic heterocycles. The third-order valence-corrected chi connectivity index (χ3v) is 4.66. The largest absolute Gasteiger partial charge is 0.434 e. The fourth-order valence-corrected chi connectivity index (χ4v) is 3.14. The Morgan fingerprint density at radius 1 is 1.41 bits per heavy atom. The predicted molar refractivity (Wildman–Crippen MR) is 94.3 cm³/mol. The topological polar surface area (TPSA) is 99.2 Å². The predicted octanol–water partition coefficient (Wildman–Crippen LogP) is 0.505. The molecule has 1 aromatic rings. The van der Waals surface area contributed by atoms with Crippen LogP contribution < -0.4 is 10.2 Å². The molecule has 0 spiro atoms. The van der Waals surface area contributed by atoms with Gasteiger partial charge in [0.15, 0.2) is 6.10 Å². The molecule has 1 fully saturated rings. The number of hydrogen-bond acceptors (Lipinski definition) is 5. The second-order valence-electron chi connectivity index (χ2n) is 6.24. The van der Waals surface area contributed by atoms with Crippen LogP contribution in [0, 0.1) is 5.82 Å². The van der Waals surface area contributed by atoms with Gasteiger partial charge in [-0.05, 0) is 30.2 Å². The summed E-state index contributed by atoms with van der Waals surface area (Å²) in [4.78, 5) is 37.8. The summed E-state index contributed by atoms with van der Waals surface area (Å²) in [6, 6.07) is 4.40. The molecule has 1 saturated heterocycles. The van der Waals surface area contributed by atoms with E-state index in [9.17, 15) is 18.8 Å². The lowest BCUT2D eigenvalue weighted by Gasteiger charge is -2.26. The number of nitrogens with one attached hydrogen (secondary N) is 1. The smallest absolute Gasteiger partial charge is 0.415 e. The van der Waals surface area contributed by atoms with E-state index in [0.29, 0.717) is 30.8 Å². The summed E-state index contributed by atoms with van der Waals surface area (Å²) in [5, 5.41) is 11.3. The van der Waals surface area contributed by atoms with Gasteiger partial charge in [0.1, 0.15) is 12.4 Å². The van der Waals surface area contributed by atoms with Gasteiger partial charge in [-0.1, -0.05) is 6.08 Å². The van der Waals surface area contributed by atoms with Crippen LogP contribution in [0.2, 0.25) is 0 Å². The highest BCUT2D eigenvalue weighted by atomic mass is 19.1. The molecule has 27 heavy (non-hydrogen) atoms. The molecule has 0 aliphatic carbocycles. The Hall–Kier alpha value is -2.94. The van der Waals surface area contributed by atoms with Crippen molar-refractivity contribution in [3.05, 3.63) is 35.7 Å². The first-order valence-electron chi connectivity index (χ1n) is 8.52. The van der Waals surface area contributed by atoms with Gasteiger partial charge >= 0.3 is 6.09 Å². The van der Waals surface area contributed by atoms with Gasteiger partial charge in [-0.2, -0.15) is 0 Å². The van der Waals surface area contributed by atoms with Crippen LogP contribution in [0.15, 0.2) is 24.3 Å². The molecule has 3 amide bonds. The lowest BCUT2D eigenvalue weighted by atomic mass is 9.98. The maximum atomic E-state index is 14.6. The normalized spacial score (nSPS) is 19.6. The minimum absolute atomic E-state index is 0.0121. The number of aliphatic hydroxyl groups excluding tert-OH is 1. The molecule has 3 rings (SSSR count). The highest BCUT2D eigenvalue weighted by molar-refractivity contribution is 5.95. The lowest BCUT2D eigenvalue weighted by molar-refractivity contribution is -0.133. The first-order valence-corrected chi connectivity index (χ1v) is 8.52. The Balaban J connectivity index is 1.75. The third kappa shape index (κ3) is 3.77. The molecule has 2 N–H and O–H groups in total. The molecule has 9 heteroatoms. The number of ether oxygens (including phenoxy) is 1. The second kappa shape index (κ2) is 7.75. The lowest BCUT2D eigenvalue weighted by Crippen LogP contribution is -2.36. The van der Waals surface area contributed by atoms with Crippen molar-refractivity contribution in [2.45, 2.75) is 12.5 Å². The molecule has 2 heterocycles. The van der Waals surface area contributed by atoms with E-state index in [1.54, 1.807) is 18.2 Å². The van der Waals surface area contributed by atoms with Crippen molar-refractivity contribution in [1.29, 1.82) is 0 Å².